The van der Waals surface area contributed by atoms with E-state index in [0.29, 0.717) is 5.82 Å². The number of aromatic nitrogens is 4. The third-order valence-corrected chi connectivity index (χ3v) is 11.5. The normalized spacial score (nSPS) is 13.8. The minimum absolute atomic E-state index is 0.211. The Bertz CT molecular complexity index is 2880. The van der Waals surface area contributed by atoms with E-state index in [1.54, 1.807) is 11.3 Å². The molecule has 5 heteroatoms. The summed E-state index contributed by atoms with van der Waals surface area (Å²) in [7, 11) is 0. The van der Waals surface area contributed by atoms with Crippen molar-refractivity contribution in [1.82, 2.24) is 19.9 Å². The Labute approximate surface area is 323 Å². The summed E-state index contributed by atoms with van der Waals surface area (Å²) in [6, 6.07) is 57.2. The number of thiophene rings is 1. The molecule has 260 valence electrons. The highest BCUT2D eigenvalue weighted by Crippen LogP contribution is 2.42. The van der Waals surface area contributed by atoms with Crippen LogP contribution in [0.15, 0.2) is 188 Å². The second-order valence-corrected chi connectivity index (χ2v) is 14.8. The van der Waals surface area contributed by atoms with E-state index in [4.69, 9.17) is 19.9 Å². The predicted molar refractivity (Wildman–Crippen MR) is 229 cm³/mol. The molecule has 1 aliphatic rings. The highest BCUT2D eigenvalue weighted by molar-refractivity contribution is 7.26. The molecule has 0 N–H and O–H groups in total. The van der Waals surface area contributed by atoms with Crippen LogP contribution in [0.25, 0.3) is 87.8 Å². The average molecular weight is 723 g/mol. The Morgan fingerprint density at radius 3 is 1.76 bits per heavy atom. The summed E-state index contributed by atoms with van der Waals surface area (Å²) in [5.74, 6) is 1.65. The van der Waals surface area contributed by atoms with Crippen LogP contribution in [0.3, 0.4) is 0 Å². The molecule has 4 nitrogen and oxygen atoms in total. The summed E-state index contributed by atoms with van der Waals surface area (Å²) in [5.41, 5.74) is 11.3. The third-order valence-electron chi connectivity index (χ3n) is 10.3. The van der Waals surface area contributed by atoms with Crippen molar-refractivity contribution in [2.24, 2.45) is 0 Å². The summed E-state index contributed by atoms with van der Waals surface area (Å²) in [6.45, 7) is 0. The summed E-state index contributed by atoms with van der Waals surface area (Å²) in [6.07, 6.45) is 9.59. The lowest BCUT2D eigenvalue weighted by Gasteiger charge is -2.15. The fourth-order valence-corrected chi connectivity index (χ4v) is 8.60. The van der Waals surface area contributed by atoms with E-state index in [-0.39, 0.29) is 5.92 Å². The van der Waals surface area contributed by atoms with Crippen LogP contribution >= 0.6 is 11.3 Å². The van der Waals surface area contributed by atoms with Crippen LogP contribution in [0.1, 0.15) is 18.0 Å². The molecule has 55 heavy (non-hydrogen) atoms. The molecule has 9 aromatic rings. The van der Waals surface area contributed by atoms with Gasteiger partial charge < -0.3 is 0 Å². The lowest BCUT2D eigenvalue weighted by molar-refractivity contribution is 0.811. The van der Waals surface area contributed by atoms with Gasteiger partial charge in [-0.15, -0.1) is 11.3 Å². The molecule has 6 aromatic carbocycles. The standard InChI is InChI=1S/C50H34N4S/c1-5-14-33(15-6-1)34-24-26-37(27-25-34)45-32-46(54-49(51-45)38-20-11-4-12-21-38)41-23-13-22-40-42-30-39(28-29-47(42)55-48(40)41)50-52-43(35-16-7-2-8-17-35)31-44(53-50)36-18-9-3-10-19-36/h1-18,20-32,36H,19H2. The molecule has 1 aliphatic carbocycles. The maximum absolute atomic E-state index is 5.21. The molecule has 0 aliphatic heterocycles. The first-order valence-corrected chi connectivity index (χ1v) is 19.4. The van der Waals surface area contributed by atoms with Crippen LogP contribution in [0.4, 0.5) is 0 Å². The lowest BCUT2D eigenvalue weighted by Crippen LogP contribution is -2.03. The SMILES string of the molecule is C1=CCC(c2cc(-c3ccccc3)nc(-c3ccc4sc5c(-c6cc(-c7ccc(-c8ccccc8)cc7)nc(-c7ccccc7)n6)cccc5c4c3)n2)C=C1. The molecule has 0 amide bonds. The number of hydrogen-bond donors (Lipinski definition) is 0. The van der Waals surface area contributed by atoms with E-state index >= 15 is 0 Å². The van der Waals surface area contributed by atoms with Crippen molar-refractivity contribution in [3.05, 3.63) is 194 Å². The first kappa shape index (κ1) is 32.8. The number of fused-ring (bicyclic) bond motifs is 3. The van der Waals surface area contributed by atoms with Gasteiger partial charge in [-0.1, -0.05) is 158 Å². The molecule has 0 fully saturated rings. The van der Waals surface area contributed by atoms with Gasteiger partial charge in [0.1, 0.15) is 0 Å². The molecule has 0 bridgehead atoms. The van der Waals surface area contributed by atoms with E-state index in [1.165, 1.54) is 31.3 Å². The van der Waals surface area contributed by atoms with E-state index < -0.39 is 0 Å². The molecule has 1 unspecified atom stereocenters. The summed E-state index contributed by atoms with van der Waals surface area (Å²) >= 11 is 1.80. The van der Waals surface area contributed by atoms with Gasteiger partial charge in [-0.3, -0.25) is 0 Å². The van der Waals surface area contributed by atoms with Gasteiger partial charge in [-0.2, -0.15) is 0 Å². The Morgan fingerprint density at radius 1 is 0.436 bits per heavy atom. The molecule has 0 radical (unpaired) electrons. The van der Waals surface area contributed by atoms with Gasteiger partial charge in [0.05, 0.1) is 22.8 Å². The monoisotopic (exact) mass is 722 g/mol. The molecular weight excluding hydrogens is 689 g/mol. The Morgan fingerprint density at radius 2 is 1.04 bits per heavy atom. The number of allylic oxidation sites excluding steroid dienone is 4. The van der Waals surface area contributed by atoms with Crippen molar-refractivity contribution >= 4 is 31.5 Å². The average Bonchev–Trinajstić information content (AvgIpc) is 3.66. The van der Waals surface area contributed by atoms with Gasteiger partial charge in [0.15, 0.2) is 11.6 Å². The maximum Gasteiger partial charge on any atom is 0.160 e. The molecule has 0 saturated carbocycles. The van der Waals surface area contributed by atoms with Crippen molar-refractivity contribution in [2.45, 2.75) is 12.3 Å². The molecule has 0 saturated heterocycles. The van der Waals surface area contributed by atoms with E-state index in [0.717, 1.165) is 62.8 Å². The van der Waals surface area contributed by atoms with Crippen LogP contribution in [0, 0.1) is 0 Å². The van der Waals surface area contributed by atoms with Crippen molar-refractivity contribution in [3.8, 4) is 67.7 Å². The highest BCUT2D eigenvalue weighted by Gasteiger charge is 2.19. The van der Waals surface area contributed by atoms with E-state index in [1.807, 2.05) is 30.3 Å². The Balaban J connectivity index is 1.09. The first-order chi connectivity index (χ1) is 27.2. The molecule has 10 rings (SSSR count). The van der Waals surface area contributed by atoms with Gasteiger partial charge in [-0.05, 0) is 47.9 Å². The van der Waals surface area contributed by atoms with Crippen molar-refractivity contribution in [1.29, 1.82) is 0 Å². The molecular formula is C50H34N4S. The molecule has 1 atom stereocenters. The zero-order valence-electron chi connectivity index (χ0n) is 29.9. The Kier molecular flexibility index (Phi) is 8.47. The topological polar surface area (TPSA) is 51.6 Å². The maximum atomic E-state index is 5.21. The van der Waals surface area contributed by atoms with Crippen LogP contribution < -0.4 is 0 Å². The number of nitrogens with zero attached hydrogens (tertiary/aromatic N) is 4. The fourth-order valence-electron chi connectivity index (χ4n) is 7.39. The summed E-state index contributed by atoms with van der Waals surface area (Å²) < 4.78 is 2.40. The number of rotatable bonds is 7. The van der Waals surface area contributed by atoms with Crippen LogP contribution in [-0.4, -0.2) is 19.9 Å². The van der Waals surface area contributed by atoms with Crippen molar-refractivity contribution < 1.29 is 0 Å². The van der Waals surface area contributed by atoms with Crippen LogP contribution in [0.5, 0.6) is 0 Å². The number of benzene rings is 6. The molecule has 3 heterocycles. The predicted octanol–water partition coefficient (Wildman–Crippen LogP) is 13.2. The molecule has 0 spiro atoms. The molecule has 3 aromatic heterocycles. The van der Waals surface area contributed by atoms with Crippen LogP contribution in [-0.2, 0) is 0 Å². The first-order valence-electron chi connectivity index (χ1n) is 18.6. The lowest BCUT2D eigenvalue weighted by atomic mass is 9.95. The van der Waals surface area contributed by atoms with Gasteiger partial charge in [0.2, 0.25) is 0 Å². The fraction of sp³-hybridized carbons (Fsp3) is 0.0400. The second-order valence-electron chi connectivity index (χ2n) is 13.8. The van der Waals surface area contributed by atoms with Crippen molar-refractivity contribution in [3.63, 3.8) is 0 Å². The smallest absolute Gasteiger partial charge is 0.160 e. The van der Waals surface area contributed by atoms with Gasteiger partial charge in [0.25, 0.3) is 0 Å². The largest absolute Gasteiger partial charge is 0.232 e. The summed E-state index contributed by atoms with van der Waals surface area (Å²) in [4.78, 5) is 20.6. The van der Waals surface area contributed by atoms with Gasteiger partial charge in [0, 0.05) is 53.9 Å². The number of hydrogen-bond acceptors (Lipinski definition) is 5. The van der Waals surface area contributed by atoms with E-state index in [2.05, 4.69) is 158 Å². The third kappa shape index (κ3) is 6.45. The van der Waals surface area contributed by atoms with Gasteiger partial charge >= 0.3 is 0 Å². The van der Waals surface area contributed by atoms with Gasteiger partial charge in [-0.25, -0.2) is 19.9 Å². The summed E-state index contributed by atoms with van der Waals surface area (Å²) in [5, 5.41) is 2.37. The zero-order valence-corrected chi connectivity index (χ0v) is 30.7. The minimum atomic E-state index is 0.211. The highest BCUT2D eigenvalue weighted by atomic mass is 32.1. The Hall–Kier alpha value is -6.82. The van der Waals surface area contributed by atoms with E-state index in [9.17, 15) is 0 Å². The van der Waals surface area contributed by atoms with Crippen LogP contribution in [0.2, 0.25) is 0 Å². The minimum Gasteiger partial charge on any atom is -0.232 e. The second kappa shape index (κ2) is 14.2. The van der Waals surface area contributed by atoms with Crippen molar-refractivity contribution in [2.75, 3.05) is 0 Å². The zero-order chi connectivity index (χ0) is 36.6. The quantitative estimate of drug-likeness (QED) is 0.164.